The summed E-state index contributed by atoms with van der Waals surface area (Å²) in [6.07, 6.45) is 5.44. The minimum atomic E-state index is -0.350. The lowest BCUT2D eigenvalue weighted by Crippen LogP contribution is -2.24. The average molecular weight is 339 g/mol. The largest absolute Gasteiger partial charge is 0.468 e. The highest BCUT2D eigenvalue weighted by atomic mass is 35.5. The lowest BCUT2D eigenvalue weighted by atomic mass is 9.95. The highest BCUT2D eigenvalue weighted by molar-refractivity contribution is 5.95. The monoisotopic (exact) mass is 338 g/mol. The topological polar surface area (TPSA) is 68.3 Å². The van der Waals surface area contributed by atoms with Crippen LogP contribution in [0.1, 0.15) is 45.7 Å². The molecule has 23 heavy (non-hydrogen) atoms. The van der Waals surface area contributed by atoms with Crippen LogP contribution in [-0.2, 0) is 25.9 Å². The van der Waals surface area contributed by atoms with Gasteiger partial charge in [0.15, 0.2) is 0 Å². The summed E-state index contributed by atoms with van der Waals surface area (Å²) in [6.45, 7) is 0.445. The molecule has 0 atom stereocenters. The van der Waals surface area contributed by atoms with Crippen molar-refractivity contribution in [3.05, 3.63) is 58.3 Å². The summed E-state index contributed by atoms with van der Waals surface area (Å²) in [7, 11) is 0. The molecule has 6 heteroatoms. The number of hydrogen-bond acceptors (Lipinski definition) is 3. The van der Waals surface area contributed by atoms with E-state index < -0.39 is 0 Å². The number of benzene rings is 1. The maximum absolute atomic E-state index is 13.9. The van der Waals surface area contributed by atoms with Crippen molar-refractivity contribution in [2.75, 3.05) is 0 Å². The Bertz CT molecular complexity index is 700. The van der Waals surface area contributed by atoms with Gasteiger partial charge in [-0.3, -0.25) is 4.79 Å². The van der Waals surface area contributed by atoms with Crippen molar-refractivity contribution in [1.82, 2.24) is 5.32 Å². The van der Waals surface area contributed by atoms with Crippen LogP contribution < -0.4 is 11.1 Å². The molecule has 1 amide bonds. The zero-order valence-corrected chi connectivity index (χ0v) is 13.5. The van der Waals surface area contributed by atoms with Crippen molar-refractivity contribution < 1.29 is 13.6 Å². The third kappa shape index (κ3) is 3.74. The van der Waals surface area contributed by atoms with Gasteiger partial charge in [0, 0.05) is 30.6 Å². The van der Waals surface area contributed by atoms with E-state index in [2.05, 4.69) is 5.32 Å². The number of amides is 1. The Kier molecular flexibility index (Phi) is 5.80. The molecule has 1 aromatic carbocycles. The Labute approximate surface area is 140 Å². The predicted molar refractivity (Wildman–Crippen MR) is 88.1 cm³/mol. The fourth-order valence-electron chi connectivity index (χ4n) is 2.82. The lowest BCUT2D eigenvalue weighted by Gasteiger charge is -2.11. The zero-order valence-electron chi connectivity index (χ0n) is 12.7. The standard InChI is InChI=1S/C17H19FN2O2.ClH/c18-15-7-11(8-19)5-6-12(15)9-20-17(21)14-10-22-16-4-2-1-3-13(14)16;/h5-7,10H,1-4,8-9,19H2,(H,20,21);1H. The molecule has 1 aliphatic carbocycles. The molecule has 1 heterocycles. The third-order valence-electron chi connectivity index (χ3n) is 4.10. The molecule has 2 aromatic rings. The third-order valence-corrected chi connectivity index (χ3v) is 4.10. The number of halogens is 2. The van der Waals surface area contributed by atoms with Crippen LogP contribution in [0.4, 0.5) is 4.39 Å². The van der Waals surface area contributed by atoms with E-state index in [1.165, 1.54) is 12.3 Å². The van der Waals surface area contributed by atoms with Gasteiger partial charge < -0.3 is 15.5 Å². The van der Waals surface area contributed by atoms with E-state index in [9.17, 15) is 9.18 Å². The minimum absolute atomic E-state index is 0. The first kappa shape index (κ1) is 17.5. The van der Waals surface area contributed by atoms with E-state index in [0.717, 1.165) is 42.6 Å². The second kappa shape index (κ2) is 7.62. The minimum Gasteiger partial charge on any atom is -0.468 e. The molecule has 0 radical (unpaired) electrons. The van der Waals surface area contributed by atoms with Crippen molar-refractivity contribution in [3.8, 4) is 0 Å². The van der Waals surface area contributed by atoms with E-state index in [4.69, 9.17) is 10.2 Å². The molecule has 0 saturated carbocycles. The summed E-state index contributed by atoms with van der Waals surface area (Å²) in [5.41, 5.74) is 8.23. The Hall–Kier alpha value is -1.85. The normalized spacial score (nSPS) is 13.1. The maximum atomic E-state index is 13.9. The van der Waals surface area contributed by atoms with E-state index in [1.807, 2.05) is 0 Å². The molecule has 0 saturated heterocycles. The summed E-state index contributed by atoms with van der Waals surface area (Å²) in [5.74, 6) is 0.349. The zero-order chi connectivity index (χ0) is 15.5. The van der Waals surface area contributed by atoms with Crippen LogP contribution in [0, 0.1) is 5.82 Å². The molecule has 1 aromatic heterocycles. The van der Waals surface area contributed by atoms with E-state index in [-0.39, 0.29) is 30.7 Å². The number of hydrogen-bond donors (Lipinski definition) is 2. The van der Waals surface area contributed by atoms with E-state index in [0.29, 0.717) is 17.7 Å². The number of aryl methyl sites for hydroxylation is 1. The number of nitrogens with one attached hydrogen (secondary N) is 1. The summed E-state index contributed by atoms with van der Waals surface area (Å²) in [6, 6.07) is 4.83. The van der Waals surface area contributed by atoms with Crippen LogP contribution in [0.15, 0.2) is 28.9 Å². The van der Waals surface area contributed by atoms with Crippen LogP contribution in [0.3, 0.4) is 0 Å². The van der Waals surface area contributed by atoms with Crippen LogP contribution in [0.25, 0.3) is 0 Å². The molecule has 0 spiro atoms. The van der Waals surface area contributed by atoms with Crippen LogP contribution in [0.5, 0.6) is 0 Å². The van der Waals surface area contributed by atoms with Gasteiger partial charge in [-0.25, -0.2) is 4.39 Å². The molecule has 3 N–H and O–H groups in total. The van der Waals surface area contributed by atoms with Gasteiger partial charge in [-0.15, -0.1) is 12.4 Å². The van der Waals surface area contributed by atoms with E-state index in [1.54, 1.807) is 12.1 Å². The quantitative estimate of drug-likeness (QED) is 0.900. The van der Waals surface area contributed by atoms with Crippen molar-refractivity contribution in [1.29, 1.82) is 0 Å². The SMILES string of the molecule is Cl.NCc1ccc(CNC(=O)c2coc3c2CCCC3)c(F)c1. The lowest BCUT2D eigenvalue weighted by molar-refractivity contribution is 0.0949. The molecular formula is C17H20ClFN2O2. The van der Waals surface area contributed by atoms with Gasteiger partial charge in [-0.1, -0.05) is 12.1 Å². The molecule has 0 bridgehead atoms. The molecular weight excluding hydrogens is 319 g/mol. The fourth-order valence-corrected chi connectivity index (χ4v) is 2.82. The van der Waals surface area contributed by atoms with Gasteiger partial charge in [-0.2, -0.15) is 0 Å². The van der Waals surface area contributed by atoms with Crippen LogP contribution in [0.2, 0.25) is 0 Å². The number of nitrogens with two attached hydrogens (primary N) is 1. The van der Waals surface area contributed by atoms with Gasteiger partial charge in [-0.05, 0) is 30.9 Å². The number of furan rings is 1. The van der Waals surface area contributed by atoms with Gasteiger partial charge in [0.2, 0.25) is 0 Å². The van der Waals surface area contributed by atoms with Gasteiger partial charge >= 0.3 is 0 Å². The first-order valence-corrected chi connectivity index (χ1v) is 7.54. The number of fused-ring (bicyclic) bond motifs is 1. The summed E-state index contributed by atoms with van der Waals surface area (Å²) in [5, 5.41) is 2.76. The van der Waals surface area contributed by atoms with E-state index >= 15 is 0 Å². The van der Waals surface area contributed by atoms with Crippen molar-refractivity contribution >= 4 is 18.3 Å². The second-order valence-corrected chi connectivity index (χ2v) is 5.57. The number of carbonyl (C=O) groups excluding carboxylic acids is 1. The second-order valence-electron chi connectivity index (χ2n) is 5.57. The first-order chi connectivity index (χ1) is 10.7. The Morgan fingerprint density at radius 2 is 2.09 bits per heavy atom. The summed E-state index contributed by atoms with van der Waals surface area (Å²) < 4.78 is 19.3. The molecule has 124 valence electrons. The predicted octanol–water partition coefficient (Wildman–Crippen LogP) is 3.11. The Morgan fingerprint density at radius 3 is 2.83 bits per heavy atom. The molecule has 0 unspecified atom stereocenters. The number of carbonyl (C=O) groups is 1. The highest BCUT2D eigenvalue weighted by Crippen LogP contribution is 2.26. The van der Waals surface area contributed by atoms with Gasteiger partial charge in [0.25, 0.3) is 5.91 Å². The fraction of sp³-hybridized carbons (Fsp3) is 0.353. The molecule has 0 aliphatic heterocycles. The molecule has 4 nitrogen and oxygen atoms in total. The summed E-state index contributed by atoms with van der Waals surface area (Å²) >= 11 is 0. The van der Waals surface area contributed by atoms with Crippen molar-refractivity contribution in [2.45, 2.75) is 38.8 Å². The smallest absolute Gasteiger partial charge is 0.255 e. The average Bonchev–Trinajstić information content (AvgIpc) is 2.97. The van der Waals surface area contributed by atoms with Gasteiger partial charge in [0.05, 0.1) is 5.56 Å². The number of rotatable bonds is 4. The molecule has 1 aliphatic rings. The van der Waals surface area contributed by atoms with Gasteiger partial charge in [0.1, 0.15) is 17.8 Å². The maximum Gasteiger partial charge on any atom is 0.255 e. The molecule has 0 fully saturated rings. The Morgan fingerprint density at radius 1 is 1.30 bits per heavy atom. The van der Waals surface area contributed by atoms with Crippen molar-refractivity contribution in [3.63, 3.8) is 0 Å². The van der Waals surface area contributed by atoms with Crippen molar-refractivity contribution in [2.24, 2.45) is 5.73 Å². The van der Waals surface area contributed by atoms with Crippen LogP contribution in [-0.4, -0.2) is 5.91 Å². The van der Waals surface area contributed by atoms with Crippen LogP contribution >= 0.6 is 12.4 Å². The Balaban J connectivity index is 0.00000192. The highest BCUT2D eigenvalue weighted by Gasteiger charge is 2.21. The molecule has 3 rings (SSSR count). The summed E-state index contributed by atoms with van der Waals surface area (Å²) in [4.78, 5) is 12.3. The first-order valence-electron chi connectivity index (χ1n) is 7.54.